The number of urea groups is 1. The summed E-state index contributed by atoms with van der Waals surface area (Å²) in [4.78, 5) is 22.4. The second-order valence-corrected chi connectivity index (χ2v) is 4.85. The number of terminal acetylenes is 1. The molecule has 0 fully saturated rings. The van der Waals surface area contributed by atoms with Crippen LogP contribution in [0.3, 0.4) is 0 Å². The largest absolute Gasteiger partial charge is 0.481 e. The Labute approximate surface area is 124 Å². The standard InChI is InChI=1S/C16H20N2O3/c1-4-13(5-2)17-16(21)18-14-8-6-12(7-9-14)11(3)10-15(19)20/h1,6-9,11,13H,5,10H2,2-3H3,(H,19,20)(H2,17,18,21). The minimum atomic E-state index is -0.830. The lowest BCUT2D eigenvalue weighted by molar-refractivity contribution is -0.137. The van der Waals surface area contributed by atoms with Gasteiger partial charge in [0.1, 0.15) is 0 Å². The predicted molar refractivity (Wildman–Crippen MR) is 82.2 cm³/mol. The van der Waals surface area contributed by atoms with Gasteiger partial charge < -0.3 is 15.7 Å². The SMILES string of the molecule is C#CC(CC)NC(=O)Nc1ccc(C(C)CC(=O)O)cc1. The molecule has 5 nitrogen and oxygen atoms in total. The topological polar surface area (TPSA) is 78.4 Å². The zero-order valence-electron chi connectivity index (χ0n) is 12.2. The van der Waals surface area contributed by atoms with E-state index in [9.17, 15) is 9.59 Å². The molecule has 0 heterocycles. The van der Waals surface area contributed by atoms with Crippen LogP contribution in [0.5, 0.6) is 0 Å². The van der Waals surface area contributed by atoms with Crippen molar-refractivity contribution in [1.29, 1.82) is 0 Å². The zero-order chi connectivity index (χ0) is 15.8. The van der Waals surface area contributed by atoms with Gasteiger partial charge in [0, 0.05) is 5.69 Å². The molecule has 5 heteroatoms. The van der Waals surface area contributed by atoms with Crippen molar-refractivity contribution >= 4 is 17.7 Å². The van der Waals surface area contributed by atoms with Gasteiger partial charge >= 0.3 is 12.0 Å². The number of rotatable bonds is 6. The van der Waals surface area contributed by atoms with Gasteiger partial charge in [-0.3, -0.25) is 4.79 Å². The average Bonchev–Trinajstić information content (AvgIpc) is 2.44. The Morgan fingerprint density at radius 2 is 1.95 bits per heavy atom. The Kier molecular flexibility index (Phi) is 6.28. The van der Waals surface area contributed by atoms with E-state index in [1.807, 2.05) is 26.0 Å². The van der Waals surface area contributed by atoms with Gasteiger partial charge in [-0.1, -0.05) is 31.9 Å². The molecule has 0 aromatic heterocycles. The number of aliphatic carboxylic acids is 1. The van der Waals surface area contributed by atoms with Crippen molar-refractivity contribution in [3.8, 4) is 12.3 Å². The van der Waals surface area contributed by atoms with Crippen LogP contribution >= 0.6 is 0 Å². The maximum Gasteiger partial charge on any atom is 0.320 e. The number of carbonyl (C=O) groups is 2. The lowest BCUT2D eigenvalue weighted by Crippen LogP contribution is -2.36. The van der Waals surface area contributed by atoms with E-state index in [1.165, 1.54) is 0 Å². The number of carboxylic acids is 1. The molecule has 3 N–H and O–H groups in total. The molecule has 2 unspecified atom stereocenters. The summed E-state index contributed by atoms with van der Waals surface area (Å²) >= 11 is 0. The Morgan fingerprint density at radius 3 is 2.43 bits per heavy atom. The molecule has 0 radical (unpaired) electrons. The number of carbonyl (C=O) groups excluding carboxylic acids is 1. The molecule has 2 atom stereocenters. The summed E-state index contributed by atoms with van der Waals surface area (Å²) in [5.41, 5.74) is 1.55. The summed E-state index contributed by atoms with van der Waals surface area (Å²) < 4.78 is 0. The first-order valence-electron chi connectivity index (χ1n) is 6.81. The molecule has 2 amide bonds. The van der Waals surface area contributed by atoms with E-state index in [2.05, 4.69) is 16.6 Å². The number of benzene rings is 1. The average molecular weight is 288 g/mol. The van der Waals surface area contributed by atoms with Gasteiger partial charge in [-0.15, -0.1) is 6.42 Å². The highest BCUT2D eigenvalue weighted by Crippen LogP contribution is 2.20. The fourth-order valence-electron chi connectivity index (χ4n) is 1.86. The van der Waals surface area contributed by atoms with E-state index in [4.69, 9.17) is 11.5 Å². The maximum atomic E-state index is 11.7. The molecule has 0 saturated carbocycles. The minimum absolute atomic E-state index is 0.0729. The Morgan fingerprint density at radius 1 is 1.33 bits per heavy atom. The van der Waals surface area contributed by atoms with Gasteiger partial charge in [-0.25, -0.2) is 4.79 Å². The highest BCUT2D eigenvalue weighted by Gasteiger charge is 2.11. The van der Waals surface area contributed by atoms with E-state index in [0.717, 1.165) is 5.56 Å². The van der Waals surface area contributed by atoms with Crippen LogP contribution in [0.1, 0.15) is 38.2 Å². The van der Waals surface area contributed by atoms with Crippen molar-refractivity contribution in [3.63, 3.8) is 0 Å². The summed E-state index contributed by atoms with van der Waals surface area (Å²) in [7, 11) is 0. The molecule has 0 aliphatic heterocycles. The van der Waals surface area contributed by atoms with Crippen LogP contribution < -0.4 is 10.6 Å². The number of anilines is 1. The van der Waals surface area contributed by atoms with Gasteiger partial charge in [-0.2, -0.15) is 0 Å². The van der Waals surface area contributed by atoms with Crippen molar-refractivity contribution in [1.82, 2.24) is 5.32 Å². The zero-order valence-corrected chi connectivity index (χ0v) is 12.2. The normalized spacial score (nSPS) is 12.8. The molecule has 0 aliphatic carbocycles. The maximum absolute atomic E-state index is 11.7. The van der Waals surface area contributed by atoms with Crippen molar-refractivity contribution in [2.24, 2.45) is 0 Å². The smallest absolute Gasteiger partial charge is 0.320 e. The third kappa shape index (κ3) is 5.57. The van der Waals surface area contributed by atoms with Gasteiger partial charge in [0.25, 0.3) is 0 Å². The highest BCUT2D eigenvalue weighted by atomic mass is 16.4. The molecule has 0 spiro atoms. The summed E-state index contributed by atoms with van der Waals surface area (Å²) in [5, 5.41) is 14.1. The monoisotopic (exact) mass is 288 g/mol. The summed E-state index contributed by atoms with van der Waals surface area (Å²) in [6.07, 6.45) is 6.02. The van der Waals surface area contributed by atoms with Crippen LogP contribution in [0.2, 0.25) is 0 Å². The molecule has 21 heavy (non-hydrogen) atoms. The van der Waals surface area contributed by atoms with Gasteiger partial charge in [0.2, 0.25) is 0 Å². The van der Waals surface area contributed by atoms with Crippen molar-refractivity contribution in [2.45, 2.75) is 38.6 Å². The second-order valence-electron chi connectivity index (χ2n) is 4.85. The molecule has 1 aromatic rings. The molecule has 112 valence electrons. The molecule has 0 saturated heterocycles. The Bertz CT molecular complexity index is 531. The number of nitrogens with one attached hydrogen (secondary N) is 2. The molecular weight excluding hydrogens is 268 g/mol. The molecule has 1 rings (SSSR count). The van der Waals surface area contributed by atoms with E-state index in [1.54, 1.807) is 12.1 Å². The van der Waals surface area contributed by atoms with Crippen LogP contribution in [0, 0.1) is 12.3 Å². The van der Waals surface area contributed by atoms with Crippen LogP contribution in [0.25, 0.3) is 0 Å². The van der Waals surface area contributed by atoms with E-state index >= 15 is 0 Å². The fourth-order valence-corrected chi connectivity index (χ4v) is 1.86. The Balaban J connectivity index is 2.60. The van der Waals surface area contributed by atoms with Crippen molar-refractivity contribution in [3.05, 3.63) is 29.8 Å². The molecular formula is C16H20N2O3. The summed E-state index contributed by atoms with van der Waals surface area (Å²) in [6, 6.07) is 6.45. The third-order valence-electron chi connectivity index (χ3n) is 3.13. The highest BCUT2D eigenvalue weighted by molar-refractivity contribution is 5.89. The van der Waals surface area contributed by atoms with E-state index in [0.29, 0.717) is 12.1 Å². The molecule has 0 aliphatic rings. The van der Waals surface area contributed by atoms with E-state index < -0.39 is 5.97 Å². The van der Waals surface area contributed by atoms with Crippen molar-refractivity contribution in [2.75, 3.05) is 5.32 Å². The first-order chi connectivity index (χ1) is 9.96. The molecule has 0 bridgehead atoms. The second kappa shape index (κ2) is 7.95. The minimum Gasteiger partial charge on any atom is -0.481 e. The summed E-state index contributed by atoms with van der Waals surface area (Å²) in [6.45, 7) is 3.74. The first-order valence-corrected chi connectivity index (χ1v) is 6.81. The summed E-state index contributed by atoms with van der Waals surface area (Å²) in [5.74, 6) is 1.58. The quantitative estimate of drug-likeness (QED) is 0.704. The molecule has 1 aromatic carbocycles. The van der Waals surface area contributed by atoms with E-state index in [-0.39, 0.29) is 24.4 Å². The van der Waals surface area contributed by atoms with Crippen LogP contribution in [-0.2, 0) is 4.79 Å². The van der Waals surface area contributed by atoms with Gasteiger partial charge in [-0.05, 0) is 30.0 Å². The van der Waals surface area contributed by atoms with Crippen LogP contribution in [0.15, 0.2) is 24.3 Å². The lowest BCUT2D eigenvalue weighted by Gasteiger charge is -2.13. The van der Waals surface area contributed by atoms with Gasteiger partial charge in [0.05, 0.1) is 12.5 Å². The first kappa shape index (κ1) is 16.6. The number of carboxylic acid groups (broad SMARTS) is 1. The number of amides is 2. The van der Waals surface area contributed by atoms with Crippen LogP contribution in [0.4, 0.5) is 10.5 Å². The predicted octanol–water partition coefficient (Wildman–Crippen LogP) is 2.80. The number of hydrogen-bond acceptors (Lipinski definition) is 2. The fraction of sp³-hybridized carbons (Fsp3) is 0.375. The third-order valence-corrected chi connectivity index (χ3v) is 3.13. The number of hydrogen-bond donors (Lipinski definition) is 3. The Hall–Kier alpha value is -2.48. The van der Waals surface area contributed by atoms with Crippen molar-refractivity contribution < 1.29 is 14.7 Å². The lowest BCUT2D eigenvalue weighted by atomic mass is 9.98. The van der Waals surface area contributed by atoms with Gasteiger partial charge in [0.15, 0.2) is 0 Å². The van der Waals surface area contributed by atoms with Crippen LogP contribution in [-0.4, -0.2) is 23.1 Å².